The van der Waals surface area contributed by atoms with Crippen molar-refractivity contribution in [3.63, 3.8) is 0 Å². The van der Waals surface area contributed by atoms with Gasteiger partial charge in [0.2, 0.25) is 0 Å². The van der Waals surface area contributed by atoms with E-state index in [0.29, 0.717) is 0 Å². The van der Waals surface area contributed by atoms with Gasteiger partial charge in [-0.15, -0.1) is 0 Å². The Kier molecular flexibility index (Phi) is 2.74. The molecule has 2 saturated heterocycles. The summed E-state index contributed by atoms with van der Waals surface area (Å²) in [5, 5.41) is 27.9. The highest BCUT2D eigenvalue weighted by atomic mass is 16.8. The molecule has 2 aliphatic heterocycles. The standard InChI is InChI=1S/C9H16O6/c1-9(2)14-7-5(12)6(4(11)3-10)13-8(7)15-9/h4-8,10-12H,3H2,1-2H3/t4-,5?,6?,7?,8?/m1/s1. The van der Waals surface area contributed by atoms with Gasteiger partial charge in [0.1, 0.15) is 24.4 Å². The molecule has 0 aromatic rings. The summed E-state index contributed by atoms with van der Waals surface area (Å²) in [6.07, 6.45) is -4.26. The van der Waals surface area contributed by atoms with Gasteiger partial charge in [0.05, 0.1) is 6.61 Å². The first-order valence-corrected chi connectivity index (χ1v) is 4.93. The molecule has 88 valence electrons. The van der Waals surface area contributed by atoms with Crippen molar-refractivity contribution in [3.05, 3.63) is 0 Å². The minimum absolute atomic E-state index is 0.468. The van der Waals surface area contributed by atoms with E-state index in [1.165, 1.54) is 0 Å². The van der Waals surface area contributed by atoms with Crippen LogP contribution in [0, 0.1) is 0 Å². The maximum Gasteiger partial charge on any atom is 0.190 e. The van der Waals surface area contributed by atoms with Crippen LogP contribution in [-0.2, 0) is 14.2 Å². The maximum absolute atomic E-state index is 9.79. The molecule has 4 unspecified atom stereocenters. The highest BCUT2D eigenvalue weighted by molar-refractivity contribution is 4.95. The van der Waals surface area contributed by atoms with E-state index in [0.717, 1.165) is 0 Å². The summed E-state index contributed by atoms with van der Waals surface area (Å²) in [6, 6.07) is 0. The third kappa shape index (κ3) is 1.89. The van der Waals surface area contributed by atoms with Gasteiger partial charge < -0.3 is 29.5 Å². The van der Waals surface area contributed by atoms with E-state index < -0.39 is 43.1 Å². The topological polar surface area (TPSA) is 88.4 Å². The first kappa shape index (κ1) is 11.3. The third-order valence-corrected chi connectivity index (χ3v) is 2.62. The van der Waals surface area contributed by atoms with Gasteiger partial charge in [-0.3, -0.25) is 0 Å². The zero-order chi connectivity index (χ0) is 11.2. The number of ether oxygens (including phenoxy) is 3. The van der Waals surface area contributed by atoms with Crippen molar-refractivity contribution in [1.29, 1.82) is 0 Å². The monoisotopic (exact) mass is 220 g/mol. The second kappa shape index (κ2) is 3.65. The summed E-state index contributed by atoms with van der Waals surface area (Å²) in [7, 11) is 0. The molecule has 6 nitrogen and oxygen atoms in total. The average Bonchev–Trinajstić information content (AvgIpc) is 2.60. The van der Waals surface area contributed by atoms with Crippen LogP contribution in [0.25, 0.3) is 0 Å². The fourth-order valence-corrected chi connectivity index (χ4v) is 1.94. The number of aliphatic hydroxyl groups is 3. The Hall–Kier alpha value is -0.240. The van der Waals surface area contributed by atoms with Crippen LogP contribution >= 0.6 is 0 Å². The average molecular weight is 220 g/mol. The van der Waals surface area contributed by atoms with Crippen LogP contribution in [-0.4, -0.2) is 58.4 Å². The summed E-state index contributed by atoms with van der Waals surface area (Å²) in [6.45, 7) is 2.97. The molecule has 5 atom stereocenters. The Bertz CT molecular complexity index is 243. The maximum atomic E-state index is 9.79. The largest absolute Gasteiger partial charge is 0.394 e. The lowest BCUT2D eigenvalue weighted by molar-refractivity contribution is -0.227. The quantitative estimate of drug-likeness (QED) is 0.529. The molecule has 0 radical (unpaired) electrons. The third-order valence-electron chi connectivity index (χ3n) is 2.62. The Balaban J connectivity index is 2.05. The molecule has 0 spiro atoms. The molecule has 0 amide bonds. The van der Waals surface area contributed by atoms with E-state index in [9.17, 15) is 10.2 Å². The number of hydrogen-bond acceptors (Lipinski definition) is 6. The smallest absolute Gasteiger partial charge is 0.190 e. The molecular weight excluding hydrogens is 204 g/mol. The zero-order valence-electron chi connectivity index (χ0n) is 8.66. The van der Waals surface area contributed by atoms with Crippen molar-refractivity contribution in [1.82, 2.24) is 0 Å². The molecule has 6 heteroatoms. The minimum atomic E-state index is -1.12. The van der Waals surface area contributed by atoms with Gasteiger partial charge in [-0.2, -0.15) is 0 Å². The second-order valence-corrected chi connectivity index (χ2v) is 4.31. The van der Waals surface area contributed by atoms with Gasteiger partial charge in [-0.1, -0.05) is 0 Å². The fraction of sp³-hybridized carbons (Fsp3) is 1.00. The van der Waals surface area contributed by atoms with Gasteiger partial charge in [0, 0.05) is 0 Å². The molecule has 0 aromatic heterocycles. The van der Waals surface area contributed by atoms with Crippen molar-refractivity contribution < 1.29 is 29.5 Å². The lowest BCUT2D eigenvalue weighted by Crippen LogP contribution is -2.42. The zero-order valence-corrected chi connectivity index (χ0v) is 8.66. The predicted molar refractivity (Wildman–Crippen MR) is 47.8 cm³/mol. The van der Waals surface area contributed by atoms with Gasteiger partial charge in [0.15, 0.2) is 12.1 Å². The van der Waals surface area contributed by atoms with Crippen LogP contribution in [0.1, 0.15) is 13.8 Å². The molecular formula is C9H16O6. The molecule has 0 aromatic carbocycles. The van der Waals surface area contributed by atoms with Crippen molar-refractivity contribution >= 4 is 0 Å². The lowest BCUT2D eigenvalue weighted by atomic mass is 10.1. The van der Waals surface area contributed by atoms with Crippen LogP contribution < -0.4 is 0 Å². The van der Waals surface area contributed by atoms with Crippen LogP contribution in [0.4, 0.5) is 0 Å². The summed E-state index contributed by atoms with van der Waals surface area (Å²) in [4.78, 5) is 0. The van der Waals surface area contributed by atoms with Crippen molar-refractivity contribution in [2.24, 2.45) is 0 Å². The highest BCUT2D eigenvalue weighted by Crippen LogP contribution is 2.38. The van der Waals surface area contributed by atoms with Crippen molar-refractivity contribution in [3.8, 4) is 0 Å². The molecule has 2 aliphatic rings. The molecule has 0 saturated carbocycles. The van der Waals surface area contributed by atoms with Gasteiger partial charge in [0.25, 0.3) is 0 Å². The van der Waals surface area contributed by atoms with Crippen LogP contribution in [0.5, 0.6) is 0 Å². The first-order chi connectivity index (χ1) is 6.94. The normalized spacial score (nSPS) is 45.4. The Labute approximate surface area is 87.4 Å². The van der Waals surface area contributed by atoms with E-state index >= 15 is 0 Å². The Morgan fingerprint density at radius 3 is 2.53 bits per heavy atom. The summed E-state index contributed by atoms with van der Waals surface area (Å²) >= 11 is 0. The van der Waals surface area contributed by atoms with E-state index in [-0.39, 0.29) is 0 Å². The van der Waals surface area contributed by atoms with Crippen LogP contribution in [0.3, 0.4) is 0 Å². The highest BCUT2D eigenvalue weighted by Gasteiger charge is 2.55. The first-order valence-electron chi connectivity index (χ1n) is 4.93. The van der Waals surface area contributed by atoms with E-state index in [2.05, 4.69) is 0 Å². The Morgan fingerprint density at radius 2 is 2.00 bits per heavy atom. The van der Waals surface area contributed by atoms with Crippen LogP contribution in [0.2, 0.25) is 0 Å². The second-order valence-electron chi connectivity index (χ2n) is 4.31. The Morgan fingerprint density at radius 1 is 1.33 bits per heavy atom. The van der Waals surface area contributed by atoms with Gasteiger partial charge in [-0.05, 0) is 13.8 Å². The minimum Gasteiger partial charge on any atom is -0.394 e. The molecule has 0 bridgehead atoms. The molecule has 2 rings (SSSR count). The SMILES string of the molecule is CC1(C)OC2OC([C@H](O)CO)C(O)C2O1. The van der Waals surface area contributed by atoms with E-state index in [1.54, 1.807) is 13.8 Å². The van der Waals surface area contributed by atoms with Gasteiger partial charge >= 0.3 is 0 Å². The van der Waals surface area contributed by atoms with Crippen molar-refractivity contribution in [2.75, 3.05) is 6.61 Å². The summed E-state index contributed by atoms with van der Waals surface area (Å²) in [5.74, 6) is -0.786. The van der Waals surface area contributed by atoms with E-state index in [1.807, 2.05) is 0 Å². The summed E-state index contributed by atoms with van der Waals surface area (Å²) in [5.41, 5.74) is 0. The molecule has 15 heavy (non-hydrogen) atoms. The van der Waals surface area contributed by atoms with Gasteiger partial charge in [-0.25, -0.2) is 0 Å². The predicted octanol–water partition coefficient (Wildman–Crippen LogP) is -1.42. The van der Waals surface area contributed by atoms with E-state index in [4.69, 9.17) is 19.3 Å². The van der Waals surface area contributed by atoms with Crippen molar-refractivity contribution in [2.45, 2.75) is 50.3 Å². The number of hydrogen-bond donors (Lipinski definition) is 3. The molecule has 2 fully saturated rings. The fourth-order valence-electron chi connectivity index (χ4n) is 1.94. The molecule has 3 N–H and O–H groups in total. The number of fused-ring (bicyclic) bond motifs is 1. The number of aliphatic hydroxyl groups excluding tert-OH is 3. The lowest BCUT2D eigenvalue weighted by Gasteiger charge is -2.24. The molecule has 2 heterocycles. The summed E-state index contributed by atoms with van der Waals surface area (Å²) < 4.78 is 16.1. The van der Waals surface area contributed by atoms with Crippen LogP contribution in [0.15, 0.2) is 0 Å². The number of rotatable bonds is 2. The molecule has 0 aliphatic carbocycles.